The van der Waals surface area contributed by atoms with Gasteiger partial charge in [-0.1, -0.05) is 0 Å². The molecule has 0 unspecified atom stereocenters. The molecular formula is C8H24O20Si8. The molecule has 0 aromatic heterocycles. The second-order valence-electron chi connectivity index (χ2n) is 6.86. The molecule has 0 saturated carbocycles. The van der Waals surface area contributed by atoms with Crippen LogP contribution in [-0.2, 0) is 84.8 Å². The van der Waals surface area contributed by atoms with Crippen LogP contribution in [0.5, 0.6) is 0 Å². The second-order valence-corrected chi connectivity index (χ2v) is 27.9. The van der Waals surface area contributed by atoms with Gasteiger partial charge in [-0.2, -0.15) is 0 Å². The molecular weight excluding hydrogens is 641 g/mol. The molecule has 0 amide bonds. The van der Waals surface area contributed by atoms with Gasteiger partial charge in [0, 0.05) is 56.9 Å². The lowest BCUT2D eigenvalue weighted by Gasteiger charge is -2.56. The SMILES string of the molecule is CO[Si]12O[Si]3(OC)O[Si]4(OC)O[Si](OC)(O1)O[Si]1(OC)O[Si](OC)(O2)O[Si](OC)(O3)O[Si](OC)(O4)O1. The highest BCUT2D eigenvalue weighted by Gasteiger charge is 2.90. The average Bonchev–Trinajstić information content (AvgIpc) is 2.82. The summed E-state index contributed by atoms with van der Waals surface area (Å²) in [6, 6.07) is 0. The van der Waals surface area contributed by atoms with Gasteiger partial charge in [-0.15, -0.1) is 0 Å². The molecule has 20 nitrogen and oxygen atoms in total. The normalized spacial score (nSPS) is 54.0. The minimum absolute atomic E-state index is 1.21. The van der Waals surface area contributed by atoms with E-state index in [1.807, 2.05) is 0 Å². The van der Waals surface area contributed by atoms with E-state index >= 15 is 0 Å². The second kappa shape index (κ2) is 9.23. The summed E-state index contributed by atoms with van der Waals surface area (Å²) in [5.41, 5.74) is 0. The summed E-state index contributed by atoms with van der Waals surface area (Å²) in [7, 11) is -27.1. The molecule has 8 bridgehead atoms. The summed E-state index contributed by atoms with van der Waals surface area (Å²) >= 11 is 0. The third kappa shape index (κ3) is 4.28. The molecule has 6 saturated heterocycles. The Morgan fingerprint density at radius 3 is 0.361 bits per heavy atom. The third-order valence-electron chi connectivity index (χ3n) is 5.00. The van der Waals surface area contributed by atoms with E-state index in [0.717, 1.165) is 0 Å². The highest BCUT2D eigenvalue weighted by Crippen LogP contribution is 2.48. The van der Waals surface area contributed by atoms with Crippen molar-refractivity contribution in [1.29, 1.82) is 0 Å². The van der Waals surface area contributed by atoms with Crippen LogP contribution in [0, 0.1) is 0 Å². The maximum absolute atomic E-state index is 6.16. The Morgan fingerprint density at radius 2 is 0.306 bits per heavy atom. The molecule has 0 aliphatic carbocycles. The summed E-state index contributed by atoms with van der Waals surface area (Å²) < 4.78 is 119. The molecule has 0 atom stereocenters. The molecule has 0 radical (unpaired) electrons. The van der Waals surface area contributed by atoms with Crippen LogP contribution in [0.2, 0.25) is 0 Å². The van der Waals surface area contributed by atoms with Gasteiger partial charge < -0.3 is 84.8 Å². The molecule has 6 rings (SSSR count). The topological polar surface area (TPSA) is 185 Å². The van der Waals surface area contributed by atoms with Crippen LogP contribution in [0.25, 0.3) is 0 Å². The number of rotatable bonds is 8. The van der Waals surface area contributed by atoms with Gasteiger partial charge in [0.1, 0.15) is 0 Å². The van der Waals surface area contributed by atoms with E-state index in [0.29, 0.717) is 0 Å². The zero-order valence-corrected chi connectivity index (χ0v) is 28.2. The predicted molar refractivity (Wildman–Crippen MR) is 115 cm³/mol. The van der Waals surface area contributed by atoms with E-state index in [9.17, 15) is 0 Å². The zero-order chi connectivity index (χ0) is 26.1. The first-order valence-corrected chi connectivity index (χ1v) is 22.9. The van der Waals surface area contributed by atoms with Gasteiger partial charge in [-0.25, -0.2) is 0 Å². The number of hydrogen-bond acceptors (Lipinski definition) is 20. The minimum atomic E-state index is -4.60. The summed E-state index contributed by atoms with van der Waals surface area (Å²) in [5, 5.41) is 0. The third-order valence-corrected chi connectivity index (χ3v) is 33.0. The maximum Gasteiger partial charge on any atom is 0.662 e. The van der Waals surface area contributed by atoms with Crippen molar-refractivity contribution in [2.75, 3.05) is 56.9 Å². The fourth-order valence-electron chi connectivity index (χ4n) is 3.34. The lowest BCUT2D eigenvalue weighted by Crippen LogP contribution is -2.90. The zero-order valence-electron chi connectivity index (χ0n) is 20.2. The highest BCUT2D eigenvalue weighted by atomic mass is 28.7. The molecule has 6 fully saturated rings. The van der Waals surface area contributed by atoms with Crippen LogP contribution in [0.3, 0.4) is 0 Å². The molecule has 6 aliphatic rings. The smallest absolute Gasteiger partial charge is 0.356 e. The summed E-state index contributed by atoms with van der Waals surface area (Å²) in [6.07, 6.45) is 0. The molecule has 0 aromatic carbocycles. The summed E-state index contributed by atoms with van der Waals surface area (Å²) in [6.45, 7) is 0. The van der Waals surface area contributed by atoms with Crippen molar-refractivity contribution in [2.45, 2.75) is 0 Å². The van der Waals surface area contributed by atoms with Crippen LogP contribution in [0.15, 0.2) is 0 Å². The molecule has 6 heterocycles. The Hall–Kier alpha value is 0.935. The Morgan fingerprint density at radius 1 is 0.222 bits per heavy atom. The lowest BCUT2D eigenvalue weighted by molar-refractivity contribution is -0.155. The van der Waals surface area contributed by atoms with Crippen molar-refractivity contribution < 1.29 is 84.8 Å². The monoisotopic (exact) mass is 664 g/mol. The Bertz CT molecular complexity index is 592. The Labute approximate surface area is 214 Å². The molecule has 36 heavy (non-hydrogen) atoms. The van der Waals surface area contributed by atoms with Crippen molar-refractivity contribution in [2.24, 2.45) is 0 Å². The summed E-state index contributed by atoms with van der Waals surface area (Å²) in [5.74, 6) is 0. The first-order chi connectivity index (χ1) is 17.0. The highest BCUT2D eigenvalue weighted by molar-refractivity contribution is 6.97. The van der Waals surface area contributed by atoms with Crippen molar-refractivity contribution in [3.8, 4) is 0 Å². The lowest BCUT2D eigenvalue weighted by atomic mass is 11.8. The van der Waals surface area contributed by atoms with Gasteiger partial charge in [0.05, 0.1) is 0 Å². The quantitative estimate of drug-likeness (QED) is 0.238. The van der Waals surface area contributed by atoms with E-state index in [-0.39, 0.29) is 0 Å². The largest absolute Gasteiger partial charge is 0.662 e. The standard InChI is InChI=1S/C8H24O20Si8/c1-9-29-17-30(10-2)20-33(13-5)22-31(11-3,18-29)24-35(15-7)25-32(12-4,19-29)23-34(14-6,21-30)27-36(16-8,26-33)28-35/h1-8H3. The first-order valence-electron chi connectivity index (χ1n) is 9.80. The van der Waals surface area contributed by atoms with E-state index in [1.165, 1.54) is 56.9 Å². The molecule has 208 valence electrons. The molecule has 0 spiro atoms. The van der Waals surface area contributed by atoms with Gasteiger partial charge in [0.25, 0.3) is 0 Å². The number of hydrogen-bond donors (Lipinski definition) is 0. The van der Waals surface area contributed by atoms with Crippen molar-refractivity contribution in [1.82, 2.24) is 0 Å². The van der Waals surface area contributed by atoms with Crippen LogP contribution in [0.4, 0.5) is 0 Å². The van der Waals surface area contributed by atoms with Crippen LogP contribution < -0.4 is 0 Å². The fraction of sp³-hybridized carbons (Fsp3) is 1.00. The molecule has 0 aromatic rings. The Balaban J connectivity index is 1.86. The van der Waals surface area contributed by atoms with Crippen molar-refractivity contribution >= 4 is 72.4 Å². The van der Waals surface area contributed by atoms with Crippen molar-refractivity contribution in [3.63, 3.8) is 0 Å². The van der Waals surface area contributed by atoms with E-state index in [4.69, 9.17) is 84.8 Å². The molecule has 28 heteroatoms. The van der Waals surface area contributed by atoms with E-state index in [2.05, 4.69) is 0 Å². The van der Waals surface area contributed by atoms with Gasteiger partial charge in [-0.05, 0) is 0 Å². The van der Waals surface area contributed by atoms with Gasteiger partial charge in [0.2, 0.25) is 0 Å². The maximum atomic E-state index is 6.16. The van der Waals surface area contributed by atoms with Gasteiger partial charge >= 0.3 is 72.4 Å². The summed E-state index contributed by atoms with van der Waals surface area (Å²) in [4.78, 5) is 0. The fourth-order valence-corrected chi connectivity index (χ4v) is 39.0. The van der Waals surface area contributed by atoms with E-state index < -0.39 is 72.4 Å². The minimum Gasteiger partial charge on any atom is -0.356 e. The Kier molecular flexibility index (Phi) is 7.30. The first kappa shape index (κ1) is 28.5. The van der Waals surface area contributed by atoms with E-state index in [1.54, 1.807) is 0 Å². The van der Waals surface area contributed by atoms with Gasteiger partial charge in [-0.3, -0.25) is 0 Å². The molecule has 6 aliphatic heterocycles. The van der Waals surface area contributed by atoms with Gasteiger partial charge in [0.15, 0.2) is 0 Å². The predicted octanol–water partition coefficient (Wildman–Crippen LogP) is -3.09. The van der Waals surface area contributed by atoms with Crippen LogP contribution >= 0.6 is 0 Å². The molecule has 0 N–H and O–H groups in total. The average molecular weight is 665 g/mol. The van der Waals surface area contributed by atoms with Crippen LogP contribution in [0.1, 0.15) is 0 Å². The van der Waals surface area contributed by atoms with Crippen molar-refractivity contribution in [3.05, 3.63) is 0 Å². The van der Waals surface area contributed by atoms with Crippen LogP contribution in [-0.4, -0.2) is 129 Å².